The molecule has 0 saturated carbocycles. The van der Waals surface area contributed by atoms with Crippen LogP contribution in [0.15, 0.2) is 43.0 Å². The van der Waals surface area contributed by atoms with Crippen LogP contribution < -0.4 is 10.2 Å². The summed E-state index contributed by atoms with van der Waals surface area (Å²) in [5.74, 6) is 0.600. The van der Waals surface area contributed by atoms with Gasteiger partial charge in [0, 0.05) is 26.0 Å². The summed E-state index contributed by atoms with van der Waals surface area (Å²) < 4.78 is 1.63. The largest absolute Gasteiger partial charge is 0.352 e. The Kier molecular flexibility index (Phi) is 6.94. The lowest BCUT2D eigenvalue weighted by atomic mass is 10.1. The van der Waals surface area contributed by atoms with Crippen LogP contribution in [-0.4, -0.2) is 39.1 Å². The first-order chi connectivity index (χ1) is 13.7. The molecule has 1 amide bonds. The van der Waals surface area contributed by atoms with Crippen molar-refractivity contribution in [2.24, 2.45) is 0 Å². The normalized spacial score (nSPS) is 10.9. The zero-order valence-corrected chi connectivity index (χ0v) is 16.6. The van der Waals surface area contributed by atoms with E-state index in [9.17, 15) is 4.79 Å². The van der Waals surface area contributed by atoms with E-state index in [1.54, 1.807) is 23.1 Å². The minimum Gasteiger partial charge on any atom is -0.352 e. The quantitative estimate of drug-likeness (QED) is 0.538. The van der Waals surface area contributed by atoms with Crippen molar-refractivity contribution in [3.63, 3.8) is 0 Å². The third-order valence-electron chi connectivity index (χ3n) is 4.79. The number of carbonyl (C=O) groups excluding carboxylic acids is 1. The average Bonchev–Trinajstić information content (AvgIpc) is 3.16. The molecule has 0 spiro atoms. The predicted molar refractivity (Wildman–Crippen MR) is 111 cm³/mol. The maximum atomic E-state index is 12.6. The van der Waals surface area contributed by atoms with Gasteiger partial charge in [-0.3, -0.25) is 9.78 Å². The molecule has 0 radical (unpaired) electrons. The van der Waals surface area contributed by atoms with Crippen LogP contribution in [0.2, 0.25) is 0 Å². The topological polar surface area (TPSA) is 75.4 Å². The zero-order valence-electron chi connectivity index (χ0n) is 16.6. The number of aromatic nitrogens is 4. The Morgan fingerprint density at radius 3 is 2.75 bits per heavy atom. The number of hydrogen-bond donors (Lipinski definition) is 1. The van der Waals surface area contributed by atoms with Crippen molar-refractivity contribution in [3.05, 3.63) is 48.5 Å². The third-order valence-corrected chi connectivity index (χ3v) is 4.79. The first-order valence-electron chi connectivity index (χ1n) is 9.97. The Bertz CT molecular complexity index is 892. The van der Waals surface area contributed by atoms with E-state index < -0.39 is 0 Å². The predicted octanol–water partition coefficient (Wildman–Crippen LogP) is 3.98. The molecule has 0 aliphatic carbocycles. The maximum Gasteiger partial charge on any atom is 0.256 e. The molecular formula is C21H28N6O. The Morgan fingerprint density at radius 1 is 1.14 bits per heavy atom. The highest BCUT2D eigenvalue weighted by Crippen LogP contribution is 2.21. The van der Waals surface area contributed by atoms with Crippen molar-refractivity contribution in [2.75, 3.05) is 18.5 Å². The molecule has 0 aliphatic heterocycles. The molecule has 7 nitrogen and oxygen atoms in total. The smallest absolute Gasteiger partial charge is 0.256 e. The molecule has 7 heteroatoms. The number of fused-ring (bicyclic) bond motifs is 1. The van der Waals surface area contributed by atoms with Gasteiger partial charge in [-0.1, -0.05) is 39.0 Å². The van der Waals surface area contributed by atoms with Crippen LogP contribution >= 0.6 is 0 Å². The summed E-state index contributed by atoms with van der Waals surface area (Å²) >= 11 is 0. The molecule has 0 bridgehead atoms. The molecule has 28 heavy (non-hydrogen) atoms. The van der Waals surface area contributed by atoms with Gasteiger partial charge in [0.25, 0.3) is 5.91 Å². The highest BCUT2D eigenvalue weighted by molar-refractivity contribution is 5.99. The van der Waals surface area contributed by atoms with Gasteiger partial charge in [-0.15, -0.1) is 0 Å². The van der Waals surface area contributed by atoms with E-state index in [0.717, 1.165) is 24.3 Å². The molecule has 0 saturated heterocycles. The lowest BCUT2D eigenvalue weighted by Crippen LogP contribution is -2.24. The van der Waals surface area contributed by atoms with Crippen LogP contribution in [-0.2, 0) is 0 Å². The molecule has 0 aromatic carbocycles. The number of rotatable bonds is 10. The van der Waals surface area contributed by atoms with Crippen LogP contribution in [0.1, 0.15) is 55.8 Å². The highest BCUT2D eigenvalue weighted by Gasteiger charge is 2.15. The van der Waals surface area contributed by atoms with Crippen molar-refractivity contribution in [1.29, 1.82) is 0 Å². The van der Waals surface area contributed by atoms with Crippen LogP contribution in [0.4, 0.5) is 11.5 Å². The van der Waals surface area contributed by atoms with Gasteiger partial charge in [0.1, 0.15) is 11.4 Å². The number of amides is 1. The van der Waals surface area contributed by atoms with E-state index in [4.69, 9.17) is 0 Å². The summed E-state index contributed by atoms with van der Waals surface area (Å²) in [5, 5.41) is 7.25. The summed E-state index contributed by atoms with van der Waals surface area (Å²) in [5.41, 5.74) is 1.97. The van der Waals surface area contributed by atoms with E-state index >= 15 is 0 Å². The number of nitrogens with one attached hydrogen (secondary N) is 1. The second-order valence-electron chi connectivity index (χ2n) is 6.91. The molecule has 3 rings (SSSR count). The Hall–Kier alpha value is -2.96. The van der Waals surface area contributed by atoms with Crippen molar-refractivity contribution in [3.8, 4) is 0 Å². The first-order valence-corrected chi connectivity index (χ1v) is 9.97. The molecule has 1 N–H and O–H groups in total. The molecule has 148 valence electrons. The van der Waals surface area contributed by atoms with Crippen molar-refractivity contribution in [2.45, 2.75) is 45.4 Å². The SMILES string of the molecule is CCCCCCCCNC(=O)c1cnn2ccc(N(C)c3cccnc3)nc12. The average molecular weight is 380 g/mol. The van der Waals surface area contributed by atoms with Gasteiger partial charge in [-0.05, 0) is 24.6 Å². The summed E-state index contributed by atoms with van der Waals surface area (Å²) in [6, 6.07) is 5.71. The minimum atomic E-state index is -0.128. The monoisotopic (exact) mass is 380 g/mol. The lowest BCUT2D eigenvalue weighted by molar-refractivity contribution is 0.0954. The van der Waals surface area contributed by atoms with Crippen molar-refractivity contribution < 1.29 is 4.79 Å². The zero-order chi connectivity index (χ0) is 19.8. The van der Waals surface area contributed by atoms with Gasteiger partial charge in [0.05, 0.1) is 18.1 Å². The summed E-state index contributed by atoms with van der Waals surface area (Å²) in [6.45, 7) is 2.89. The van der Waals surface area contributed by atoms with Gasteiger partial charge in [0.2, 0.25) is 0 Å². The molecule has 3 aromatic heterocycles. The third kappa shape index (κ3) is 4.85. The fraction of sp³-hybridized carbons (Fsp3) is 0.429. The minimum absolute atomic E-state index is 0.128. The van der Waals surface area contributed by atoms with Crippen LogP contribution in [0.5, 0.6) is 0 Å². The van der Waals surface area contributed by atoms with E-state index in [0.29, 0.717) is 17.8 Å². The molecule has 3 heterocycles. The second kappa shape index (κ2) is 9.82. The molecule has 0 fully saturated rings. The summed E-state index contributed by atoms with van der Waals surface area (Å²) in [7, 11) is 1.92. The molecule has 0 atom stereocenters. The Morgan fingerprint density at radius 2 is 1.96 bits per heavy atom. The fourth-order valence-electron chi connectivity index (χ4n) is 3.09. The maximum absolute atomic E-state index is 12.6. The molecule has 0 aliphatic rings. The number of nitrogens with zero attached hydrogens (tertiary/aromatic N) is 5. The van der Waals surface area contributed by atoms with Gasteiger partial charge >= 0.3 is 0 Å². The van der Waals surface area contributed by atoms with Crippen molar-refractivity contribution >= 4 is 23.1 Å². The van der Waals surface area contributed by atoms with Gasteiger partial charge in [0.15, 0.2) is 5.65 Å². The first kappa shape index (κ1) is 19.8. The molecule has 0 unspecified atom stereocenters. The van der Waals surface area contributed by atoms with Crippen LogP contribution in [0, 0.1) is 0 Å². The van der Waals surface area contributed by atoms with Gasteiger partial charge < -0.3 is 10.2 Å². The second-order valence-corrected chi connectivity index (χ2v) is 6.91. The number of carbonyl (C=O) groups is 1. The Labute approximate surface area is 165 Å². The lowest BCUT2D eigenvalue weighted by Gasteiger charge is -2.17. The molecule has 3 aromatic rings. The van der Waals surface area contributed by atoms with Gasteiger partial charge in [-0.25, -0.2) is 9.50 Å². The fourth-order valence-corrected chi connectivity index (χ4v) is 3.09. The summed E-state index contributed by atoms with van der Waals surface area (Å²) in [6.07, 6.45) is 14.1. The summed E-state index contributed by atoms with van der Waals surface area (Å²) in [4.78, 5) is 23.3. The number of hydrogen-bond acceptors (Lipinski definition) is 5. The van der Waals surface area contributed by atoms with E-state index in [1.165, 1.54) is 25.7 Å². The molecular weight excluding hydrogens is 352 g/mol. The van der Waals surface area contributed by atoms with Gasteiger partial charge in [-0.2, -0.15) is 5.10 Å². The number of unbranched alkanes of at least 4 members (excludes halogenated alkanes) is 5. The van der Waals surface area contributed by atoms with E-state index in [-0.39, 0.29) is 5.91 Å². The highest BCUT2D eigenvalue weighted by atomic mass is 16.1. The Balaban J connectivity index is 1.64. The van der Waals surface area contributed by atoms with E-state index in [2.05, 4.69) is 27.3 Å². The van der Waals surface area contributed by atoms with Crippen molar-refractivity contribution in [1.82, 2.24) is 24.9 Å². The van der Waals surface area contributed by atoms with Crippen LogP contribution in [0.25, 0.3) is 5.65 Å². The van der Waals surface area contributed by atoms with E-state index in [1.807, 2.05) is 36.3 Å². The van der Waals surface area contributed by atoms with Crippen LogP contribution in [0.3, 0.4) is 0 Å². The number of anilines is 2. The number of pyridine rings is 1. The standard InChI is InChI=1S/C21H28N6O/c1-3-4-5-6-7-8-13-23-21(28)18-16-24-27-14-11-19(25-20(18)27)26(2)17-10-9-12-22-15-17/h9-12,14-16H,3-8,13H2,1-2H3,(H,23,28).